The number of β-amino-alcohol motifs (C(OH)–C–C–N with tert-alkyl or cyclic N) is 1. The van der Waals surface area contributed by atoms with E-state index in [1.807, 2.05) is 0 Å². The summed E-state index contributed by atoms with van der Waals surface area (Å²) >= 11 is 0. The molecule has 2 rings (SSSR count). The minimum atomic E-state index is -1.26. The topological polar surface area (TPSA) is 129 Å². The first-order valence-corrected chi connectivity index (χ1v) is 9.77. The predicted octanol–water partition coefficient (Wildman–Crippen LogP) is -1.50. The number of piperazine rings is 1. The van der Waals surface area contributed by atoms with Crippen molar-refractivity contribution in [2.45, 2.75) is 18.9 Å². The van der Waals surface area contributed by atoms with Gasteiger partial charge < -0.3 is 20.2 Å². The molecule has 0 aliphatic carbocycles. The SMILES string of the molecule is CN1CCN(CCNNCCN2CCCC(O)C2)CC1.O=C(O)/C=C\C(=O)O. The average molecular weight is 402 g/mol. The van der Waals surface area contributed by atoms with Crippen LogP contribution in [0.25, 0.3) is 0 Å². The largest absolute Gasteiger partial charge is 0.478 e. The van der Waals surface area contributed by atoms with Gasteiger partial charge >= 0.3 is 11.9 Å². The van der Waals surface area contributed by atoms with Crippen LogP contribution in [0.5, 0.6) is 0 Å². The van der Waals surface area contributed by atoms with Gasteiger partial charge in [0.1, 0.15) is 0 Å². The molecule has 0 spiro atoms. The zero-order valence-corrected chi connectivity index (χ0v) is 16.7. The summed E-state index contributed by atoms with van der Waals surface area (Å²) in [6, 6.07) is 0. The first-order chi connectivity index (χ1) is 13.4. The maximum Gasteiger partial charge on any atom is 0.328 e. The molecule has 0 amide bonds. The van der Waals surface area contributed by atoms with Crippen molar-refractivity contribution in [3.63, 3.8) is 0 Å². The Morgan fingerprint density at radius 1 is 0.929 bits per heavy atom. The second-order valence-electron chi connectivity index (χ2n) is 7.10. The third kappa shape index (κ3) is 12.8. The monoisotopic (exact) mass is 401 g/mol. The minimum Gasteiger partial charge on any atom is -0.478 e. The molecule has 0 aromatic rings. The molecule has 0 saturated carbocycles. The maximum absolute atomic E-state index is 9.60. The molecule has 1 atom stereocenters. The fourth-order valence-corrected chi connectivity index (χ4v) is 3.05. The lowest BCUT2D eigenvalue weighted by atomic mass is 10.1. The van der Waals surface area contributed by atoms with Gasteiger partial charge in [-0.05, 0) is 26.4 Å². The highest BCUT2D eigenvalue weighted by atomic mass is 16.4. The molecule has 2 aliphatic heterocycles. The Morgan fingerprint density at radius 3 is 1.96 bits per heavy atom. The fourth-order valence-electron chi connectivity index (χ4n) is 3.05. The predicted molar refractivity (Wildman–Crippen MR) is 106 cm³/mol. The highest BCUT2D eigenvalue weighted by Crippen LogP contribution is 2.08. The molecule has 5 N–H and O–H groups in total. The number of aliphatic hydroxyl groups is 1. The van der Waals surface area contributed by atoms with Crippen molar-refractivity contribution < 1.29 is 24.9 Å². The zero-order valence-electron chi connectivity index (χ0n) is 16.7. The van der Waals surface area contributed by atoms with Crippen molar-refractivity contribution in [1.82, 2.24) is 25.6 Å². The van der Waals surface area contributed by atoms with Crippen molar-refractivity contribution in [3.8, 4) is 0 Å². The van der Waals surface area contributed by atoms with Crippen LogP contribution in [0.1, 0.15) is 12.8 Å². The Morgan fingerprint density at radius 2 is 1.46 bits per heavy atom. The van der Waals surface area contributed by atoms with E-state index in [1.54, 1.807) is 0 Å². The summed E-state index contributed by atoms with van der Waals surface area (Å²) in [7, 11) is 2.19. The number of carboxylic acids is 2. The summed E-state index contributed by atoms with van der Waals surface area (Å²) in [5.74, 6) is -2.51. The van der Waals surface area contributed by atoms with E-state index in [-0.39, 0.29) is 6.10 Å². The number of carbonyl (C=O) groups is 2. The second-order valence-corrected chi connectivity index (χ2v) is 7.10. The van der Waals surface area contributed by atoms with E-state index in [4.69, 9.17) is 10.2 Å². The molecule has 28 heavy (non-hydrogen) atoms. The van der Waals surface area contributed by atoms with Crippen LogP contribution in [0.15, 0.2) is 12.2 Å². The lowest BCUT2D eigenvalue weighted by Gasteiger charge is -2.32. The lowest BCUT2D eigenvalue weighted by Crippen LogP contribution is -2.48. The highest BCUT2D eigenvalue weighted by Gasteiger charge is 2.16. The number of likely N-dealkylation sites (tertiary alicyclic amines) is 1. The number of aliphatic hydroxyl groups excluding tert-OH is 1. The van der Waals surface area contributed by atoms with Gasteiger partial charge in [-0.2, -0.15) is 0 Å². The molecule has 2 fully saturated rings. The van der Waals surface area contributed by atoms with Gasteiger partial charge in [0, 0.05) is 71.1 Å². The maximum atomic E-state index is 9.60. The van der Waals surface area contributed by atoms with Gasteiger partial charge in [0.2, 0.25) is 0 Å². The van der Waals surface area contributed by atoms with Gasteiger partial charge in [0.25, 0.3) is 0 Å². The van der Waals surface area contributed by atoms with Gasteiger partial charge in [0.05, 0.1) is 6.10 Å². The van der Waals surface area contributed by atoms with Crippen LogP contribution in [0.4, 0.5) is 0 Å². The molecule has 0 bridgehead atoms. The van der Waals surface area contributed by atoms with E-state index in [1.165, 1.54) is 26.2 Å². The third-order valence-corrected chi connectivity index (χ3v) is 4.68. The van der Waals surface area contributed by atoms with Crippen LogP contribution in [0, 0.1) is 0 Å². The Labute approximate surface area is 166 Å². The smallest absolute Gasteiger partial charge is 0.328 e. The number of aliphatic carboxylic acids is 2. The van der Waals surface area contributed by atoms with Crippen LogP contribution in [0.3, 0.4) is 0 Å². The van der Waals surface area contributed by atoms with Gasteiger partial charge in [-0.15, -0.1) is 0 Å². The number of nitrogens with one attached hydrogen (secondary N) is 2. The Hall–Kier alpha value is -1.56. The molecule has 0 aromatic carbocycles. The molecule has 2 aliphatic rings. The number of nitrogens with zero attached hydrogens (tertiary/aromatic N) is 3. The number of piperidine rings is 1. The summed E-state index contributed by atoms with van der Waals surface area (Å²) in [5, 5.41) is 25.2. The zero-order chi connectivity index (χ0) is 20.8. The Bertz CT molecular complexity index is 467. The van der Waals surface area contributed by atoms with Crippen LogP contribution >= 0.6 is 0 Å². The number of rotatable bonds is 9. The minimum absolute atomic E-state index is 0.117. The summed E-state index contributed by atoms with van der Waals surface area (Å²) in [6.45, 7) is 10.8. The van der Waals surface area contributed by atoms with Crippen LogP contribution in [0.2, 0.25) is 0 Å². The van der Waals surface area contributed by atoms with Crippen LogP contribution in [-0.4, -0.2) is 121 Å². The molecule has 10 heteroatoms. The van der Waals surface area contributed by atoms with E-state index in [0.29, 0.717) is 12.2 Å². The average Bonchev–Trinajstić information content (AvgIpc) is 2.65. The number of hydrazine groups is 1. The molecule has 10 nitrogen and oxygen atoms in total. The molecule has 2 heterocycles. The normalized spacial score (nSPS) is 22.0. The first-order valence-electron chi connectivity index (χ1n) is 9.77. The molecule has 2 saturated heterocycles. The van der Waals surface area contributed by atoms with E-state index in [0.717, 1.165) is 52.1 Å². The standard InChI is InChI=1S/C14H31N5O.C4H4O4/c1-17-9-11-18(12-10-17)7-4-15-16-5-8-19-6-2-3-14(20)13-19;5-3(6)1-2-4(7)8/h14-16,20H,2-13H2,1H3;1-2H,(H,5,6)(H,7,8)/b;2-1-. The first kappa shape index (κ1) is 24.5. The lowest BCUT2D eigenvalue weighted by molar-refractivity contribution is -0.134. The van der Waals surface area contributed by atoms with E-state index in [9.17, 15) is 14.7 Å². The van der Waals surface area contributed by atoms with Gasteiger partial charge in [0.15, 0.2) is 0 Å². The van der Waals surface area contributed by atoms with Crippen LogP contribution < -0.4 is 10.9 Å². The van der Waals surface area contributed by atoms with Crippen LogP contribution in [-0.2, 0) is 9.59 Å². The second kappa shape index (κ2) is 14.4. The molecule has 1 unspecified atom stereocenters. The number of hydrogen-bond donors (Lipinski definition) is 5. The molecular formula is C18H35N5O5. The van der Waals surface area contributed by atoms with E-state index >= 15 is 0 Å². The summed E-state index contributed by atoms with van der Waals surface area (Å²) in [5.41, 5.74) is 6.59. The van der Waals surface area contributed by atoms with E-state index in [2.05, 4.69) is 32.6 Å². The summed E-state index contributed by atoms with van der Waals surface area (Å²) < 4.78 is 0. The molecular weight excluding hydrogens is 366 g/mol. The van der Waals surface area contributed by atoms with E-state index < -0.39 is 11.9 Å². The summed E-state index contributed by atoms with van der Waals surface area (Å²) in [6.07, 6.45) is 3.09. The molecule has 0 aromatic heterocycles. The number of carboxylic acid groups (broad SMARTS) is 2. The van der Waals surface area contributed by atoms with Crippen molar-refractivity contribution in [1.29, 1.82) is 0 Å². The number of hydrogen-bond acceptors (Lipinski definition) is 8. The Balaban J connectivity index is 0.000000416. The van der Waals surface area contributed by atoms with Crippen molar-refractivity contribution in [2.24, 2.45) is 0 Å². The third-order valence-electron chi connectivity index (χ3n) is 4.68. The molecule has 162 valence electrons. The van der Waals surface area contributed by atoms with Gasteiger partial charge in [-0.25, -0.2) is 9.59 Å². The highest BCUT2D eigenvalue weighted by molar-refractivity contribution is 5.89. The summed E-state index contributed by atoms with van der Waals surface area (Å²) in [4.78, 5) is 26.3. The van der Waals surface area contributed by atoms with Gasteiger partial charge in [-0.3, -0.25) is 20.7 Å². The molecule has 0 radical (unpaired) electrons. The number of likely N-dealkylation sites (N-methyl/N-ethyl adjacent to an activating group) is 1. The van der Waals surface area contributed by atoms with Gasteiger partial charge in [-0.1, -0.05) is 0 Å². The fraction of sp³-hybridized carbons (Fsp3) is 0.778. The quantitative estimate of drug-likeness (QED) is 0.177. The Kier molecular flexibility index (Phi) is 12.6. The van der Waals surface area contributed by atoms with Crippen molar-refractivity contribution in [2.75, 3.05) is 72.5 Å². The van der Waals surface area contributed by atoms with Crippen molar-refractivity contribution >= 4 is 11.9 Å². The van der Waals surface area contributed by atoms with Crippen molar-refractivity contribution in [3.05, 3.63) is 12.2 Å².